The fourth-order valence-corrected chi connectivity index (χ4v) is 6.12. The molecule has 4 aromatic carbocycles. The molecule has 0 aliphatic carbocycles. The van der Waals surface area contributed by atoms with Crippen LogP contribution in [-0.2, 0) is 17.8 Å². The van der Waals surface area contributed by atoms with Crippen molar-refractivity contribution in [3.8, 4) is 0 Å². The molecule has 1 aliphatic rings. The summed E-state index contributed by atoms with van der Waals surface area (Å²) >= 11 is 0. The zero-order valence-corrected chi connectivity index (χ0v) is 26.5. The number of rotatable bonds is 8. The molecule has 9 heteroatoms. The molecule has 2 amide bonds. The average Bonchev–Trinajstić information content (AvgIpc) is 3.02. The second-order valence-corrected chi connectivity index (χ2v) is 12.8. The van der Waals surface area contributed by atoms with Crippen molar-refractivity contribution in [1.29, 1.82) is 0 Å². The molecule has 1 heterocycles. The first-order chi connectivity index (χ1) is 21.5. The van der Waals surface area contributed by atoms with Gasteiger partial charge in [0, 0.05) is 49.9 Å². The van der Waals surface area contributed by atoms with E-state index in [1.54, 1.807) is 12.1 Å². The highest BCUT2D eigenvalue weighted by atomic mass is 16.6. The summed E-state index contributed by atoms with van der Waals surface area (Å²) < 4.78 is 5.35. The van der Waals surface area contributed by atoms with Crippen LogP contribution in [0.5, 0.6) is 0 Å². The third-order valence-electron chi connectivity index (χ3n) is 8.32. The molecule has 4 aromatic rings. The monoisotopic (exact) mass is 607 g/mol. The first-order valence-corrected chi connectivity index (χ1v) is 15.5. The van der Waals surface area contributed by atoms with E-state index in [-0.39, 0.29) is 5.91 Å². The van der Waals surface area contributed by atoms with Crippen LogP contribution in [0, 0.1) is 0 Å². The second-order valence-electron chi connectivity index (χ2n) is 12.8. The fraction of sp³-hybridized carbons (Fsp3) is 0.333. The lowest BCUT2D eigenvalue weighted by Gasteiger charge is -2.33. The lowest BCUT2D eigenvalue weighted by atomic mass is 9.77. The molecule has 3 N–H and O–H groups in total. The summed E-state index contributed by atoms with van der Waals surface area (Å²) in [6.45, 7) is 7.74. The van der Waals surface area contributed by atoms with E-state index in [1.807, 2.05) is 93.4 Å². The zero-order valence-electron chi connectivity index (χ0n) is 26.5. The molecule has 0 atom stereocenters. The molecule has 0 bridgehead atoms. The highest BCUT2D eigenvalue weighted by Crippen LogP contribution is 2.33. The fourth-order valence-electron chi connectivity index (χ4n) is 6.12. The molecule has 1 saturated heterocycles. The Morgan fingerprint density at radius 1 is 0.933 bits per heavy atom. The standard InChI is InChI=1S/C36H42BN3O5/c1-36(2,3)45-35(42)38-23-25-10-7-12-27(22-25)26-18-20-40(21-19-26)34(41)31-15-8-14-30-29(31)13-9-17-33(30)39(4)24-28-11-5-6-16-32(28)37(43)44/h5-17,22,26,43-44H,18-21,23-24H2,1-4H3,(H,38,42). The number of hydrogen-bond acceptors (Lipinski definition) is 6. The lowest BCUT2D eigenvalue weighted by molar-refractivity contribution is 0.0523. The predicted molar refractivity (Wildman–Crippen MR) is 180 cm³/mol. The van der Waals surface area contributed by atoms with E-state index < -0.39 is 18.8 Å². The molecule has 0 radical (unpaired) electrons. The van der Waals surface area contributed by atoms with Crippen LogP contribution in [0.15, 0.2) is 84.9 Å². The topological polar surface area (TPSA) is 102 Å². The van der Waals surface area contributed by atoms with Crippen molar-refractivity contribution in [3.63, 3.8) is 0 Å². The maximum absolute atomic E-state index is 13.9. The van der Waals surface area contributed by atoms with Gasteiger partial charge in [0.1, 0.15) is 5.60 Å². The molecule has 5 rings (SSSR count). The number of fused-ring (bicyclic) bond motifs is 1. The van der Waals surface area contributed by atoms with Gasteiger partial charge in [-0.25, -0.2) is 4.79 Å². The molecule has 234 valence electrons. The number of likely N-dealkylation sites (tertiary alicyclic amines) is 1. The van der Waals surface area contributed by atoms with Gasteiger partial charge >= 0.3 is 13.2 Å². The van der Waals surface area contributed by atoms with Gasteiger partial charge in [-0.2, -0.15) is 0 Å². The molecule has 1 aliphatic heterocycles. The Bertz CT molecular complexity index is 1660. The van der Waals surface area contributed by atoms with Gasteiger partial charge in [-0.1, -0.05) is 72.8 Å². The highest BCUT2D eigenvalue weighted by Gasteiger charge is 2.26. The molecule has 0 spiro atoms. The summed E-state index contributed by atoms with van der Waals surface area (Å²) in [6.07, 6.45) is 1.30. The predicted octanol–water partition coefficient (Wildman–Crippen LogP) is 5.20. The summed E-state index contributed by atoms with van der Waals surface area (Å²) in [5.41, 5.74) is 4.65. The Balaban J connectivity index is 1.25. The quantitative estimate of drug-likeness (QED) is 0.238. The van der Waals surface area contributed by atoms with Crippen molar-refractivity contribution in [2.24, 2.45) is 0 Å². The molecule has 0 saturated carbocycles. The van der Waals surface area contributed by atoms with Crippen LogP contribution in [0.3, 0.4) is 0 Å². The summed E-state index contributed by atoms with van der Waals surface area (Å²) in [4.78, 5) is 30.0. The van der Waals surface area contributed by atoms with Crippen LogP contribution in [-0.4, -0.2) is 59.8 Å². The first-order valence-electron chi connectivity index (χ1n) is 15.5. The third kappa shape index (κ3) is 7.85. The summed E-state index contributed by atoms with van der Waals surface area (Å²) in [6, 6.07) is 27.4. The number of benzene rings is 4. The van der Waals surface area contributed by atoms with Crippen molar-refractivity contribution < 1.29 is 24.4 Å². The largest absolute Gasteiger partial charge is 0.488 e. The molecule has 8 nitrogen and oxygen atoms in total. The van der Waals surface area contributed by atoms with E-state index in [0.717, 1.165) is 40.4 Å². The Morgan fingerprint density at radius 2 is 1.62 bits per heavy atom. The molecular weight excluding hydrogens is 565 g/mol. The van der Waals surface area contributed by atoms with E-state index >= 15 is 0 Å². The molecule has 1 fully saturated rings. The highest BCUT2D eigenvalue weighted by molar-refractivity contribution is 6.59. The first kappa shape index (κ1) is 32.1. The van der Waals surface area contributed by atoms with Crippen LogP contribution in [0.25, 0.3) is 10.8 Å². The maximum atomic E-state index is 13.9. The number of ether oxygens (including phenoxy) is 1. The Morgan fingerprint density at radius 3 is 2.36 bits per heavy atom. The van der Waals surface area contributed by atoms with Gasteiger partial charge in [0.25, 0.3) is 5.91 Å². The van der Waals surface area contributed by atoms with Crippen molar-refractivity contribution in [1.82, 2.24) is 10.2 Å². The number of amides is 2. The number of alkyl carbamates (subject to hydrolysis) is 1. The summed E-state index contributed by atoms with van der Waals surface area (Å²) in [5.74, 6) is 0.367. The number of carbonyl (C=O) groups excluding carboxylic acids is 2. The van der Waals surface area contributed by atoms with Gasteiger partial charge in [0.05, 0.1) is 0 Å². The minimum atomic E-state index is -1.54. The van der Waals surface area contributed by atoms with Crippen LogP contribution >= 0.6 is 0 Å². The van der Waals surface area contributed by atoms with Crippen molar-refractivity contribution in [2.45, 2.75) is 58.2 Å². The third-order valence-corrected chi connectivity index (χ3v) is 8.32. The van der Waals surface area contributed by atoms with E-state index in [4.69, 9.17) is 4.74 Å². The number of nitrogens with one attached hydrogen (secondary N) is 1. The van der Waals surface area contributed by atoms with Crippen LogP contribution in [0.1, 0.15) is 66.6 Å². The molecule has 0 unspecified atom stereocenters. The van der Waals surface area contributed by atoms with Gasteiger partial charge in [-0.05, 0) is 79.2 Å². The smallest absolute Gasteiger partial charge is 0.444 e. The Hall–Kier alpha value is -4.34. The van der Waals surface area contributed by atoms with Gasteiger partial charge in [0.15, 0.2) is 0 Å². The molecule has 45 heavy (non-hydrogen) atoms. The summed E-state index contributed by atoms with van der Waals surface area (Å²) in [7, 11) is 0.428. The minimum Gasteiger partial charge on any atom is -0.444 e. The SMILES string of the molecule is CN(Cc1ccccc1B(O)O)c1cccc2c(C(=O)N3CCC(c4cccc(CNC(=O)OC(C)(C)C)c4)CC3)cccc12. The Kier molecular flexibility index (Phi) is 9.80. The normalized spacial score (nSPS) is 13.9. The van der Waals surface area contributed by atoms with Crippen molar-refractivity contribution >= 4 is 41.0 Å². The number of anilines is 1. The van der Waals surface area contributed by atoms with Crippen LogP contribution in [0.4, 0.5) is 10.5 Å². The van der Waals surface area contributed by atoms with Crippen LogP contribution in [0.2, 0.25) is 0 Å². The van der Waals surface area contributed by atoms with Gasteiger partial charge in [-0.3, -0.25) is 4.79 Å². The van der Waals surface area contributed by atoms with Gasteiger partial charge in [-0.15, -0.1) is 0 Å². The van der Waals surface area contributed by atoms with E-state index in [0.29, 0.717) is 43.1 Å². The maximum Gasteiger partial charge on any atom is 0.488 e. The lowest BCUT2D eigenvalue weighted by Crippen LogP contribution is -2.38. The zero-order chi connectivity index (χ0) is 32.1. The van der Waals surface area contributed by atoms with Crippen molar-refractivity contribution in [3.05, 3.63) is 107 Å². The molecular formula is C36H42BN3O5. The van der Waals surface area contributed by atoms with Crippen LogP contribution < -0.4 is 15.7 Å². The molecule has 0 aromatic heterocycles. The van der Waals surface area contributed by atoms with Crippen molar-refractivity contribution in [2.75, 3.05) is 25.0 Å². The van der Waals surface area contributed by atoms with E-state index in [1.165, 1.54) is 5.56 Å². The minimum absolute atomic E-state index is 0.0305. The van der Waals surface area contributed by atoms with Gasteiger partial charge < -0.3 is 29.9 Å². The van der Waals surface area contributed by atoms with E-state index in [9.17, 15) is 19.6 Å². The number of hydrogen-bond donors (Lipinski definition) is 3. The number of carbonyl (C=O) groups is 2. The second kappa shape index (κ2) is 13.8. The van der Waals surface area contributed by atoms with Gasteiger partial charge in [0.2, 0.25) is 0 Å². The Labute approximate surface area is 265 Å². The summed E-state index contributed by atoms with van der Waals surface area (Å²) in [5, 5.41) is 24.3. The number of nitrogens with zero attached hydrogens (tertiary/aromatic N) is 2. The van der Waals surface area contributed by atoms with E-state index in [2.05, 4.69) is 22.3 Å². The number of piperidine rings is 1. The average molecular weight is 608 g/mol.